The lowest BCUT2D eigenvalue weighted by Gasteiger charge is -2.12. The highest BCUT2D eigenvalue weighted by Gasteiger charge is 2.18. The maximum Gasteiger partial charge on any atom is 0.319 e. The maximum absolute atomic E-state index is 13.8. The first-order chi connectivity index (χ1) is 12.0. The molecule has 0 spiro atoms. The molecule has 25 heavy (non-hydrogen) atoms. The van der Waals surface area contributed by atoms with E-state index in [4.69, 9.17) is 4.74 Å². The van der Waals surface area contributed by atoms with Crippen molar-refractivity contribution in [2.75, 3.05) is 18.5 Å². The van der Waals surface area contributed by atoms with Crippen LogP contribution in [0.2, 0.25) is 0 Å². The molecule has 1 saturated heterocycles. The number of nitrogens with one attached hydrogen (secondary N) is 2. The quantitative estimate of drug-likeness (QED) is 0.874. The average molecular weight is 346 g/mol. The van der Waals surface area contributed by atoms with Crippen molar-refractivity contribution < 1.29 is 13.9 Å². The number of nitrogens with zero attached hydrogens (tertiary/aromatic N) is 2. The van der Waals surface area contributed by atoms with Gasteiger partial charge in [0.25, 0.3) is 0 Å². The van der Waals surface area contributed by atoms with Gasteiger partial charge < -0.3 is 15.4 Å². The summed E-state index contributed by atoms with van der Waals surface area (Å²) in [7, 11) is 0. The van der Waals surface area contributed by atoms with E-state index in [1.165, 1.54) is 6.07 Å². The van der Waals surface area contributed by atoms with Gasteiger partial charge in [-0.25, -0.2) is 9.18 Å². The van der Waals surface area contributed by atoms with Crippen LogP contribution in [0.4, 0.5) is 14.9 Å². The molecule has 0 aliphatic carbocycles. The molecule has 0 saturated carbocycles. The van der Waals surface area contributed by atoms with Crippen LogP contribution in [0.1, 0.15) is 29.8 Å². The molecule has 1 fully saturated rings. The van der Waals surface area contributed by atoms with Gasteiger partial charge in [0, 0.05) is 18.7 Å². The smallest absolute Gasteiger partial charge is 0.319 e. The van der Waals surface area contributed by atoms with Crippen molar-refractivity contribution in [1.29, 1.82) is 0 Å². The molecule has 134 valence electrons. The Morgan fingerprint density at radius 2 is 2.20 bits per heavy atom. The molecule has 0 unspecified atom stereocenters. The molecule has 1 aromatic heterocycles. The van der Waals surface area contributed by atoms with Crippen LogP contribution in [-0.4, -0.2) is 35.1 Å². The molecular formula is C18H23FN4O2. The molecule has 1 aliphatic heterocycles. The molecule has 1 aliphatic rings. The number of urea groups is 1. The van der Waals surface area contributed by atoms with E-state index in [-0.39, 0.29) is 18.0 Å². The monoisotopic (exact) mass is 346 g/mol. The van der Waals surface area contributed by atoms with Gasteiger partial charge in [-0.2, -0.15) is 5.10 Å². The van der Waals surface area contributed by atoms with Gasteiger partial charge in [0.05, 0.1) is 29.7 Å². The lowest BCUT2D eigenvalue weighted by atomic mass is 10.2. The summed E-state index contributed by atoms with van der Waals surface area (Å²) in [6.07, 6.45) is 2.10. The molecule has 1 atom stereocenters. The van der Waals surface area contributed by atoms with Crippen LogP contribution < -0.4 is 10.6 Å². The molecule has 2 aromatic rings. The SMILES string of the molecule is Cc1nn(Cc2ccccc2F)c(C)c1NC(=O)NC[C@H]1CCCO1. The number of ether oxygens (including phenoxy) is 1. The zero-order valence-electron chi connectivity index (χ0n) is 14.5. The Balaban J connectivity index is 1.65. The number of carbonyl (C=O) groups is 1. The minimum Gasteiger partial charge on any atom is -0.376 e. The van der Waals surface area contributed by atoms with Gasteiger partial charge in [-0.1, -0.05) is 18.2 Å². The van der Waals surface area contributed by atoms with E-state index in [9.17, 15) is 9.18 Å². The number of aryl methyl sites for hydroxylation is 1. The Kier molecular flexibility index (Phi) is 5.33. The summed E-state index contributed by atoms with van der Waals surface area (Å²) in [5, 5.41) is 10.1. The summed E-state index contributed by atoms with van der Waals surface area (Å²) in [5.74, 6) is -0.265. The summed E-state index contributed by atoms with van der Waals surface area (Å²) in [6, 6.07) is 6.33. The molecule has 0 radical (unpaired) electrons. The molecular weight excluding hydrogens is 323 g/mol. The number of hydrogen-bond acceptors (Lipinski definition) is 3. The predicted octanol–water partition coefficient (Wildman–Crippen LogP) is 2.99. The van der Waals surface area contributed by atoms with Crippen LogP contribution in [0.5, 0.6) is 0 Å². The first-order valence-corrected chi connectivity index (χ1v) is 8.48. The number of amides is 2. The molecule has 3 rings (SSSR count). The van der Waals surface area contributed by atoms with E-state index in [0.29, 0.717) is 30.0 Å². The summed E-state index contributed by atoms with van der Waals surface area (Å²) < 4.78 is 21.0. The summed E-state index contributed by atoms with van der Waals surface area (Å²) in [5.41, 5.74) is 2.69. The number of anilines is 1. The van der Waals surface area contributed by atoms with Crippen molar-refractivity contribution in [1.82, 2.24) is 15.1 Å². The zero-order chi connectivity index (χ0) is 17.8. The summed E-state index contributed by atoms with van der Waals surface area (Å²) in [6.45, 7) is 5.25. The van der Waals surface area contributed by atoms with Crippen LogP contribution in [0.3, 0.4) is 0 Å². The molecule has 0 bridgehead atoms. The maximum atomic E-state index is 13.8. The van der Waals surface area contributed by atoms with Gasteiger partial charge in [-0.3, -0.25) is 4.68 Å². The van der Waals surface area contributed by atoms with Crippen molar-refractivity contribution in [2.45, 2.75) is 39.3 Å². The molecule has 2 heterocycles. The first-order valence-electron chi connectivity index (χ1n) is 8.48. The third-order valence-electron chi connectivity index (χ3n) is 4.41. The van der Waals surface area contributed by atoms with Crippen molar-refractivity contribution in [2.24, 2.45) is 0 Å². The third-order valence-corrected chi connectivity index (χ3v) is 4.41. The van der Waals surface area contributed by atoms with Gasteiger partial charge in [0.2, 0.25) is 0 Å². The topological polar surface area (TPSA) is 68.2 Å². The van der Waals surface area contributed by atoms with Gasteiger partial charge in [0.1, 0.15) is 5.82 Å². The van der Waals surface area contributed by atoms with E-state index in [0.717, 1.165) is 25.1 Å². The predicted molar refractivity (Wildman–Crippen MR) is 93.2 cm³/mol. The minimum atomic E-state index is -0.285. The Labute approximate surface area is 146 Å². The van der Waals surface area contributed by atoms with Crippen molar-refractivity contribution in [3.05, 3.63) is 47.0 Å². The van der Waals surface area contributed by atoms with Crippen molar-refractivity contribution >= 4 is 11.7 Å². The largest absolute Gasteiger partial charge is 0.376 e. The Morgan fingerprint density at radius 1 is 1.40 bits per heavy atom. The summed E-state index contributed by atoms with van der Waals surface area (Å²) in [4.78, 5) is 12.1. The molecule has 2 amide bonds. The molecule has 7 heteroatoms. The molecule has 1 aromatic carbocycles. The van der Waals surface area contributed by atoms with E-state index in [1.807, 2.05) is 13.8 Å². The number of halogens is 1. The highest BCUT2D eigenvalue weighted by molar-refractivity contribution is 5.90. The fourth-order valence-electron chi connectivity index (χ4n) is 2.99. The van der Waals surface area contributed by atoms with E-state index < -0.39 is 0 Å². The van der Waals surface area contributed by atoms with Crippen molar-refractivity contribution in [3.63, 3.8) is 0 Å². The minimum absolute atomic E-state index is 0.0942. The lowest BCUT2D eigenvalue weighted by molar-refractivity contribution is 0.112. The first kappa shape index (κ1) is 17.4. The third kappa shape index (κ3) is 4.17. The van der Waals surface area contributed by atoms with Crippen LogP contribution in [-0.2, 0) is 11.3 Å². The number of hydrogen-bond donors (Lipinski definition) is 2. The number of aromatic nitrogens is 2. The number of carbonyl (C=O) groups excluding carboxylic acids is 1. The van der Waals surface area contributed by atoms with Gasteiger partial charge in [0.15, 0.2) is 0 Å². The highest BCUT2D eigenvalue weighted by atomic mass is 19.1. The Morgan fingerprint density at radius 3 is 2.92 bits per heavy atom. The Hall–Kier alpha value is -2.41. The van der Waals surface area contributed by atoms with Crippen LogP contribution in [0.15, 0.2) is 24.3 Å². The highest BCUT2D eigenvalue weighted by Crippen LogP contribution is 2.21. The van der Waals surface area contributed by atoms with E-state index >= 15 is 0 Å². The van der Waals surface area contributed by atoms with Gasteiger partial charge in [-0.15, -0.1) is 0 Å². The van der Waals surface area contributed by atoms with Gasteiger partial charge >= 0.3 is 6.03 Å². The second kappa shape index (κ2) is 7.65. The fraction of sp³-hybridized carbons (Fsp3) is 0.444. The average Bonchev–Trinajstić information content (AvgIpc) is 3.19. The normalized spacial score (nSPS) is 16.8. The molecule has 2 N–H and O–H groups in total. The van der Waals surface area contributed by atoms with Crippen LogP contribution in [0.25, 0.3) is 0 Å². The zero-order valence-corrected chi connectivity index (χ0v) is 14.5. The second-order valence-electron chi connectivity index (χ2n) is 6.26. The fourth-order valence-corrected chi connectivity index (χ4v) is 2.99. The number of benzene rings is 1. The van der Waals surface area contributed by atoms with Crippen molar-refractivity contribution in [3.8, 4) is 0 Å². The lowest BCUT2D eigenvalue weighted by Crippen LogP contribution is -2.35. The van der Waals surface area contributed by atoms with Crippen LogP contribution in [0, 0.1) is 19.7 Å². The van der Waals surface area contributed by atoms with Crippen LogP contribution >= 0.6 is 0 Å². The van der Waals surface area contributed by atoms with E-state index in [2.05, 4.69) is 15.7 Å². The Bertz CT molecular complexity index is 754. The second-order valence-corrected chi connectivity index (χ2v) is 6.26. The summed E-state index contributed by atoms with van der Waals surface area (Å²) >= 11 is 0. The standard InChI is InChI=1S/C18H23FN4O2/c1-12-17(21-18(24)20-10-15-7-5-9-25-15)13(2)23(22-12)11-14-6-3-4-8-16(14)19/h3-4,6,8,15H,5,7,9-11H2,1-2H3,(H2,20,21,24)/t15-/m1/s1. The van der Waals surface area contributed by atoms with E-state index in [1.54, 1.807) is 22.9 Å². The van der Waals surface area contributed by atoms with Gasteiger partial charge in [-0.05, 0) is 32.8 Å². The number of rotatable bonds is 5. The molecule has 6 nitrogen and oxygen atoms in total.